The molecule has 3 rings (SSSR count). The fourth-order valence-corrected chi connectivity index (χ4v) is 3.71. The number of thiazole rings is 1. The van der Waals surface area contributed by atoms with E-state index in [0.29, 0.717) is 37.1 Å². The number of carbonyl (C=O) groups excluding carboxylic acids is 1. The molecular weight excluding hydrogens is 365 g/mol. The van der Waals surface area contributed by atoms with Gasteiger partial charge in [-0.15, -0.1) is 11.3 Å². The Labute approximate surface area is 153 Å². The highest BCUT2D eigenvalue weighted by molar-refractivity contribution is 7.15. The molecule has 0 unspecified atom stereocenters. The van der Waals surface area contributed by atoms with Gasteiger partial charge in [-0.25, -0.2) is 4.98 Å². The van der Waals surface area contributed by atoms with E-state index < -0.39 is 11.7 Å². The Hall–Kier alpha value is -1.93. The van der Waals surface area contributed by atoms with Gasteiger partial charge in [0.25, 0.3) is 0 Å². The highest BCUT2D eigenvalue weighted by Gasteiger charge is 2.29. The van der Waals surface area contributed by atoms with Gasteiger partial charge in [0.1, 0.15) is 0 Å². The lowest BCUT2D eigenvalue weighted by molar-refractivity contribution is -0.137. The van der Waals surface area contributed by atoms with Crippen molar-refractivity contribution in [2.75, 3.05) is 18.5 Å². The molecule has 0 atom stereocenters. The smallest absolute Gasteiger partial charge is 0.381 e. The van der Waals surface area contributed by atoms with Gasteiger partial charge in [-0.1, -0.05) is 12.1 Å². The first-order valence-corrected chi connectivity index (χ1v) is 9.20. The van der Waals surface area contributed by atoms with E-state index in [9.17, 15) is 18.0 Å². The molecule has 0 bridgehead atoms. The maximum absolute atomic E-state index is 12.6. The molecule has 0 saturated carbocycles. The number of rotatable bonds is 5. The number of nitrogens with one attached hydrogen (secondary N) is 1. The quantitative estimate of drug-likeness (QED) is 0.825. The summed E-state index contributed by atoms with van der Waals surface area (Å²) < 4.78 is 43.0. The Balaban J connectivity index is 1.53. The van der Waals surface area contributed by atoms with Crippen LogP contribution in [-0.4, -0.2) is 24.1 Å². The lowest BCUT2D eigenvalue weighted by Crippen LogP contribution is -2.22. The molecule has 0 radical (unpaired) electrons. The van der Waals surface area contributed by atoms with Gasteiger partial charge in [0.2, 0.25) is 5.91 Å². The summed E-state index contributed by atoms with van der Waals surface area (Å²) in [7, 11) is 0. The first kappa shape index (κ1) is 18.8. The van der Waals surface area contributed by atoms with Crippen molar-refractivity contribution in [1.29, 1.82) is 0 Å². The number of ether oxygens (including phenoxy) is 1. The van der Waals surface area contributed by atoms with Crippen LogP contribution in [0.15, 0.2) is 30.5 Å². The van der Waals surface area contributed by atoms with Crippen molar-refractivity contribution in [3.05, 3.63) is 46.5 Å². The molecular formula is C18H19F3N2O2S. The number of anilines is 1. The number of amides is 1. The lowest BCUT2D eigenvalue weighted by atomic mass is 9.96. The molecule has 1 aliphatic heterocycles. The molecule has 140 valence electrons. The summed E-state index contributed by atoms with van der Waals surface area (Å²) in [4.78, 5) is 17.2. The topological polar surface area (TPSA) is 51.2 Å². The highest BCUT2D eigenvalue weighted by atomic mass is 32.1. The van der Waals surface area contributed by atoms with E-state index in [2.05, 4.69) is 10.3 Å². The number of benzene rings is 1. The van der Waals surface area contributed by atoms with Crippen LogP contribution in [0.3, 0.4) is 0 Å². The minimum absolute atomic E-state index is 0.0627. The van der Waals surface area contributed by atoms with Crippen LogP contribution >= 0.6 is 11.3 Å². The fraction of sp³-hybridized carbons (Fsp3) is 0.444. The van der Waals surface area contributed by atoms with Crippen LogP contribution in [0, 0.1) is 5.92 Å². The predicted molar refractivity (Wildman–Crippen MR) is 93.2 cm³/mol. The summed E-state index contributed by atoms with van der Waals surface area (Å²) in [6, 6.07) is 5.08. The van der Waals surface area contributed by atoms with E-state index in [4.69, 9.17) is 4.74 Å². The molecule has 0 aliphatic carbocycles. The molecule has 2 heterocycles. The first-order valence-electron chi connectivity index (χ1n) is 8.38. The van der Waals surface area contributed by atoms with Crippen LogP contribution < -0.4 is 5.32 Å². The SMILES string of the molecule is O=C(CC1CCOCC1)Nc1ncc(Cc2ccc(C(F)(F)F)cc2)s1. The van der Waals surface area contributed by atoms with Gasteiger partial charge in [0, 0.05) is 37.1 Å². The summed E-state index contributed by atoms with van der Waals surface area (Å²) in [6.45, 7) is 1.40. The van der Waals surface area contributed by atoms with E-state index >= 15 is 0 Å². The third kappa shape index (κ3) is 5.28. The number of aromatic nitrogens is 1. The van der Waals surface area contributed by atoms with Crippen LogP contribution in [-0.2, 0) is 22.1 Å². The second-order valence-electron chi connectivity index (χ2n) is 6.31. The van der Waals surface area contributed by atoms with Crippen molar-refractivity contribution in [2.24, 2.45) is 5.92 Å². The van der Waals surface area contributed by atoms with E-state index in [-0.39, 0.29) is 5.91 Å². The maximum Gasteiger partial charge on any atom is 0.416 e. The van der Waals surface area contributed by atoms with Crippen LogP contribution in [0.2, 0.25) is 0 Å². The van der Waals surface area contributed by atoms with Crippen LogP contribution in [0.5, 0.6) is 0 Å². The molecule has 1 aromatic heterocycles. The molecule has 2 aromatic rings. The molecule has 1 saturated heterocycles. The van der Waals surface area contributed by atoms with Crippen molar-refractivity contribution >= 4 is 22.4 Å². The summed E-state index contributed by atoms with van der Waals surface area (Å²) in [5, 5.41) is 3.32. The molecule has 1 N–H and O–H groups in total. The molecule has 1 fully saturated rings. The second kappa shape index (κ2) is 8.18. The van der Waals surface area contributed by atoms with Gasteiger partial charge in [0.15, 0.2) is 5.13 Å². The number of carbonyl (C=O) groups is 1. The Morgan fingerprint density at radius 1 is 1.23 bits per heavy atom. The van der Waals surface area contributed by atoms with Gasteiger partial charge in [-0.2, -0.15) is 13.2 Å². The molecule has 0 spiro atoms. The van der Waals surface area contributed by atoms with Gasteiger partial charge >= 0.3 is 6.18 Å². The summed E-state index contributed by atoms with van der Waals surface area (Å²) in [5.74, 6) is 0.280. The van der Waals surface area contributed by atoms with Gasteiger partial charge < -0.3 is 10.1 Å². The van der Waals surface area contributed by atoms with Crippen molar-refractivity contribution in [1.82, 2.24) is 4.98 Å². The Bertz CT molecular complexity index is 738. The van der Waals surface area contributed by atoms with Crippen molar-refractivity contribution < 1.29 is 22.7 Å². The fourth-order valence-electron chi connectivity index (χ4n) is 2.84. The molecule has 1 aliphatic rings. The zero-order chi connectivity index (χ0) is 18.6. The third-order valence-corrected chi connectivity index (χ3v) is 5.19. The normalized spacial score (nSPS) is 15.8. The van der Waals surface area contributed by atoms with Gasteiger partial charge in [0.05, 0.1) is 5.56 Å². The highest BCUT2D eigenvalue weighted by Crippen LogP contribution is 2.30. The zero-order valence-corrected chi connectivity index (χ0v) is 14.8. The summed E-state index contributed by atoms with van der Waals surface area (Å²) in [6.07, 6.45) is 0.0368. The molecule has 1 amide bonds. The van der Waals surface area contributed by atoms with E-state index in [0.717, 1.165) is 35.4 Å². The van der Waals surface area contributed by atoms with E-state index in [1.807, 2.05) is 0 Å². The number of hydrogen-bond donors (Lipinski definition) is 1. The van der Waals surface area contributed by atoms with Gasteiger partial charge in [-0.3, -0.25) is 4.79 Å². The second-order valence-corrected chi connectivity index (χ2v) is 7.43. The number of halogens is 3. The monoisotopic (exact) mass is 384 g/mol. The summed E-state index contributed by atoms with van der Waals surface area (Å²) >= 11 is 1.34. The van der Waals surface area contributed by atoms with Crippen LogP contribution in [0.1, 0.15) is 35.3 Å². The Morgan fingerprint density at radius 2 is 1.92 bits per heavy atom. The number of hydrogen-bond acceptors (Lipinski definition) is 4. The minimum Gasteiger partial charge on any atom is -0.381 e. The standard InChI is InChI=1S/C18H19F3N2O2S/c19-18(20,21)14-3-1-12(2-4-14)9-15-11-22-17(26-15)23-16(24)10-13-5-7-25-8-6-13/h1-4,11,13H,5-10H2,(H,22,23,24). The largest absolute Gasteiger partial charge is 0.416 e. The Morgan fingerprint density at radius 3 is 2.58 bits per heavy atom. The lowest BCUT2D eigenvalue weighted by Gasteiger charge is -2.20. The maximum atomic E-state index is 12.6. The average molecular weight is 384 g/mol. The van der Waals surface area contributed by atoms with Crippen molar-refractivity contribution in [2.45, 2.75) is 31.9 Å². The third-order valence-electron chi connectivity index (χ3n) is 4.27. The van der Waals surface area contributed by atoms with Crippen molar-refractivity contribution in [3.8, 4) is 0 Å². The van der Waals surface area contributed by atoms with Crippen LogP contribution in [0.25, 0.3) is 0 Å². The van der Waals surface area contributed by atoms with E-state index in [1.165, 1.54) is 23.5 Å². The Kier molecular flexibility index (Phi) is 5.93. The molecule has 8 heteroatoms. The number of alkyl halides is 3. The average Bonchev–Trinajstić information content (AvgIpc) is 3.02. The minimum atomic E-state index is -4.33. The van der Waals surface area contributed by atoms with Crippen molar-refractivity contribution in [3.63, 3.8) is 0 Å². The molecule has 26 heavy (non-hydrogen) atoms. The summed E-state index contributed by atoms with van der Waals surface area (Å²) in [5.41, 5.74) is 0.105. The van der Waals surface area contributed by atoms with E-state index in [1.54, 1.807) is 6.20 Å². The number of nitrogens with zero attached hydrogens (tertiary/aromatic N) is 1. The predicted octanol–water partition coefficient (Wildman–Crippen LogP) is 4.51. The first-order chi connectivity index (χ1) is 12.4. The van der Waals surface area contributed by atoms with Gasteiger partial charge in [-0.05, 0) is 36.5 Å². The molecule has 4 nitrogen and oxygen atoms in total. The zero-order valence-electron chi connectivity index (χ0n) is 14.0. The molecule has 1 aromatic carbocycles. The van der Waals surface area contributed by atoms with Crippen LogP contribution in [0.4, 0.5) is 18.3 Å².